The lowest BCUT2D eigenvalue weighted by atomic mass is 10.2. The van der Waals surface area contributed by atoms with Gasteiger partial charge in [0.15, 0.2) is 5.82 Å². The molecular formula is C15H19N5. The van der Waals surface area contributed by atoms with E-state index in [1.807, 2.05) is 31.2 Å². The molecule has 1 aromatic heterocycles. The van der Waals surface area contributed by atoms with Crippen LogP contribution in [0.3, 0.4) is 0 Å². The molecule has 3 rings (SSSR count). The summed E-state index contributed by atoms with van der Waals surface area (Å²) in [6, 6.07) is 12.1. The van der Waals surface area contributed by atoms with Crippen molar-refractivity contribution >= 4 is 17.2 Å². The molecule has 1 aliphatic heterocycles. The fourth-order valence-electron chi connectivity index (χ4n) is 2.44. The molecule has 0 saturated carbocycles. The van der Waals surface area contributed by atoms with E-state index < -0.39 is 0 Å². The van der Waals surface area contributed by atoms with Crippen LogP contribution in [0.4, 0.5) is 17.2 Å². The molecule has 1 aromatic carbocycles. The van der Waals surface area contributed by atoms with Crippen molar-refractivity contribution < 1.29 is 0 Å². The summed E-state index contributed by atoms with van der Waals surface area (Å²) in [4.78, 5) is 4.65. The van der Waals surface area contributed by atoms with E-state index in [0.717, 1.165) is 43.4 Å². The largest absolute Gasteiger partial charge is 0.399 e. The fraction of sp³-hybridized carbons (Fsp3) is 0.333. The minimum absolute atomic E-state index is 0.808. The molecular weight excluding hydrogens is 250 g/mol. The van der Waals surface area contributed by atoms with Gasteiger partial charge in [-0.2, -0.15) is 5.10 Å². The molecule has 0 bridgehead atoms. The van der Waals surface area contributed by atoms with Crippen molar-refractivity contribution in [2.75, 3.05) is 41.7 Å². The Bertz CT molecular complexity index is 502. The van der Waals surface area contributed by atoms with Crippen LogP contribution in [0.1, 0.15) is 5.69 Å². The molecule has 2 aromatic rings. The first-order chi connectivity index (χ1) is 9.72. The van der Waals surface area contributed by atoms with Crippen molar-refractivity contribution in [3.8, 4) is 0 Å². The Kier molecular flexibility index (Phi) is 3.41. The van der Waals surface area contributed by atoms with Gasteiger partial charge in [0, 0.05) is 37.6 Å². The van der Waals surface area contributed by atoms with Gasteiger partial charge >= 0.3 is 0 Å². The van der Waals surface area contributed by atoms with Crippen LogP contribution in [-0.4, -0.2) is 36.4 Å². The zero-order valence-corrected chi connectivity index (χ0v) is 11.7. The second-order valence-corrected chi connectivity index (χ2v) is 5.10. The molecule has 0 amide bonds. The van der Waals surface area contributed by atoms with E-state index in [-0.39, 0.29) is 0 Å². The molecule has 5 heteroatoms. The van der Waals surface area contributed by atoms with Crippen LogP contribution in [0.25, 0.3) is 0 Å². The number of anilines is 3. The number of rotatable bonds is 2. The van der Waals surface area contributed by atoms with Crippen molar-refractivity contribution in [2.45, 2.75) is 6.92 Å². The first-order valence-corrected chi connectivity index (χ1v) is 6.88. The average Bonchev–Trinajstić information content (AvgIpc) is 2.49. The number of nitrogens with zero attached hydrogens (tertiary/aromatic N) is 4. The highest BCUT2D eigenvalue weighted by molar-refractivity contribution is 5.54. The monoisotopic (exact) mass is 269 g/mol. The number of nitrogens with two attached hydrogens (primary N) is 1. The van der Waals surface area contributed by atoms with Gasteiger partial charge < -0.3 is 15.5 Å². The minimum Gasteiger partial charge on any atom is -0.399 e. The van der Waals surface area contributed by atoms with Gasteiger partial charge in [-0.25, -0.2) is 0 Å². The molecule has 1 saturated heterocycles. The topological polar surface area (TPSA) is 58.3 Å². The van der Waals surface area contributed by atoms with Crippen LogP contribution < -0.4 is 15.5 Å². The van der Waals surface area contributed by atoms with Gasteiger partial charge in [0.1, 0.15) is 0 Å². The molecule has 20 heavy (non-hydrogen) atoms. The molecule has 1 fully saturated rings. The molecule has 0 atom stereocenters. The third-order valence-electron chi connectivity index (χ3n) is 3.65. The fourth-order valence-corrected chi connectivity index (χ4v) is 2.44. The summed E-state index contributed by atoms with van der Waals surface area (Å²) in [6.45, 7) is 5.85. The Morgan fingerprint density at radius 2 is 1.50 bits per heavy atom. The summed E-state index contributed by atoms with van der Waals surface area (Å²) in [5.74, 6) is 0.965. The Morgan fingerprint density at radius 3 is 2.10 bits per heavy atom. The van der Waals surface area contributed by atoms with Gasteiger partial charge in [0.05, 0.1) is 5.69 Å². The van der Waals surface area contributed by atoms with Gasteiger partial charge in [0.25, 0.3) is 0 Å². The molecule has 0 unspecified atom stereocenters. The van der Waals surface area contributed by atoms with Crippen LogP contribution in [0.5, 0.6) is 0 Å². The Morgan fingerprint density at radius 1 is 0.850 bits per heavy atom. The van der Waals surface area contributed by atoms with Crippen LogP contribution >= 0.6 is 0 Å². The number of aromatic nitrogens is 2. The molecule has 1 aliphatic rings. The number of aryl methyl sites for hydroxylation is 1. The van der Waals surface area contributed by atoms with Gasteiger partial charge in [-0.1, -0.05) is 0 Å². The Labute approximate surface area is 119 Å². The second kappa shape index (κ2) is 5.36. The third-order valence-corrected chi connectivity index (χ3v) is 3.65. The first kappa shape index (κ1) is 12.7. The van der Waals surface area contributed by atoms with Crippen LogP contribution in [0.15, 0.2) is 36.4 Å². The molecule has 5 nitrogen and oxygen atoms in total. The SMILES string of the molecule is Cc1ccc(N2CCN(c3ccc(N)cc3)CC2)nn1. The van der Waals surface area contributed by atoms with Gasteiger partial charge in [-0.3, -0.25) is 0 Å². The summed E-state index contributed by atoms with van der Waals surface area (Å²) in [6.07, 6.45) is 0. The van der Waals surface area contributed by atoms with Crippen molar-refractivity contribution in [3.63, 3.8) is 0 Å². The molecule has 2 N–H and O–H groups in total. The third kappa shape index (κ3) is 2.66. The number of hydrogen-bond donors (Lipinski definition) is 1. The Balaban J connectivity index is 1.64. The smallest absolute Gasteiger partial charge is 0.151 e. The summed E-state index contributed by atoms with van der Waals surface area (Å²) in [7, 11) is 0. The highest BCUT2D eigenvalue weighted by Crippen LogP contribution is 2.20. The number of hydrogen-bond acceptors (Lipinski definition) is 5. The van der Waals surface area contributed by atoms with E-state index in [9.17, 15) is 0 Å². The Hall–Kier alpha value is -2.30. The summed E-state index contributed by atoms with van der Waals surface area (Å²) in [5, 5.41) is 8.37. The maximum absolute atomic E-state index is 5.72. The van der Waals surface area contributed by atoms with E-state index in [1.54, 1.807) is 0 Å². The molecule has 2 heterocycles. The first-order valence-electron chi connectivity index (χ1n) is 6.88. The van der Waals surface area contributed by atoms with Gasteiger partial charge in [0.2, 0.25) is 0 Å². The highest BCUT2D eigenvalue weighted by atomic mass is 15.3. The maximum Gasteiger partial charge on any atom is 0.151 e. The molecule has 0 aliphatic carbocycles. The number of piperazine rings is 1. The molecule has 0 spiro atoms. The standard InChI is InChI=1S/C15H19N5/c1-12-2-7-15(18-17-12)20-10-8-19(9-11-20)14-5-3-13(16)4-6-14/h2-7H,8-11,16H2,1H3. The van der Waals surface area contributed by atoms with E-state index in [4.69, 9.17) is 5.73 Å². The van der Waals surface area contributed by atoms with E-state index in [2.05, 4.69) is 32.1 Å². The van der Waals surface area contributed by atoms with Crippen molar-refractivity contribution in [1.82, 2.24) is 10.2 Å². The molecule has 0 radical (unpaired) electrons. The zero-order valence-electron chi connectivity index (χ0n) is 11.7. The lowest BCUT2D eigenvalue weighted by molar-refractivity contribution is 0.643. The van der Waals surface area contributed by atoms with Crippen LogP contribution in [-0.2, 0) is 0 Å². The van der Waals surface area contributed by atoms with E-state index >= 15 is 0 Å². The zero-order chi connectivity index (χ0) is 13.9. The minimum atomic E-state index is 0.808. The highest BCUT2D eigenvalue weighted by Gasteiger charge is 2.18. The lowest BCUT2D eigenvalue weighted by Crippen LogP contribution is -2.46. The normalized spacial score (nSPS) is 15.4. The lowest BCUT2D eigenvalue weighted by Gasteiger charge is -2.36. The van der Waals surface area contributed by atoms with Crippen molar-refractivity contribution in [3.05, 3.63) is 42.1 Å². The van der Waals surface area contributed by atoms with Gasteiger partial charge in [-0.15, -0.1) is 5.10 Å². The van der Waals surface area contributed by atoms with Crippen LogP contribution in [0, 0.1) is 6.92 Å². The number of nitrogen functional groups attached to an aromatic ring is 1. The van der Waals surface area contributed by atoms with E-state index in [1.165, 1.54) is 5.69 Å². The van der Waals surface area contributed by atoms with Gasteiger partial charge in [-0.05, 0) is 43.3 Å². The predicted octanol–water partition coefficient (Wildman–Crippen LogP) is 1.69. The molecule has 104 valence electrons. The quantitative estimate of drug-likeness (QED) is 0.841. The van der Waals surface area contributed by atoms with Crippen molar-refractivity contribution in [1.29, 1.82) is 0 Å². The van der Waals surface area contributed by atoms with Crippen molar-refractivity contribution in [2.24, 2.45) is 0 Å². The second-order valence-electron chi connectivity index (χ2n) is 5.10. The number of benzene rings is 1. The van der Waals surface area contributed by atoms with E-state index in [0.29, 0.717) is 0 Å². The predicted molar refractivity (Wildman–Crippen MR) is 82.0 cm³/mol. The summed E-state index contributed by atoms with van der Waals surface area (Å²) in [5.41, 5.74) is 8.72. The summed E-state index contributed by atoms with van der Waals surface area (Å²) < 4.78 is 0. The van der Waals surface area contributed by atoms with Crippen LogP contribution in [0.2, 0.25) is 0 Å². The maximum atomic E-state index is 5.72. The average molecular weight is 269 g/mol. The summed E-state index contributed by atoms with van der Waals surface area (Å²) >= 11 is 0.